The van der Waals surface area contributed by atoms with Gasteiger partial charge in [-0.2, -0.15) is 0 Å². The van der Waals surface area contributed by atoms with E-state index in [2.05, 4.69) is 221 Å². The van der Waals surface area contributed by atoms with Crippen molar-refractivity contribution < 1.29 is 4.74 Å². The molecule has 8 aromatic rings. The van der Waals surface area contributed by atoms with Crippen molar-refractivity contribution in [3.8, 4) is 50.8 Å². The number of para-hydroxylation sites is 1. The number of likely N-dealkylation sites (N-methyl/N-ethyl adjacent to an activating group) is 1. The number of fused-ring (bicyclic) bond motifs is 5. The SMILES string of the molecule is CC1CCC(C)(c2cccc3c2C2(C)c4ccccc4OC2C(c2ccc(-c4nc(-c5ccccc5)cc(-c5ccc(-c6ccccc6)cc5)n4)cc2)N3C)C=C1c1ccccc1. The summed E-state index contributed by atoms with van der Waals surface area (Å²) in [6.07, 6.45) is 4.66. The Morgan fingerprint density at radius 2 is 1.10 bits per heavy atom. The monoisotopic (exact) mass is 817 g/mol. The number of ether oxygens (including phenoxy) is 1. The number of aromatic nitrogens is 2. The average molecular weight is 818 g/mol. The maximum atomic E-state index is 7.19. The first-order valence-corrected chi connectivity index (χ1v) is 22.4. The minimum Gasteiger partial charge on any atom is -0.486 e. The molecular formula is C59H51N3O. The van der Waals surface area contributed by atoms with E-state index in [0.717, 1.165) is 46.7 Å². The quantitative estimate of drug-likeness (QED) is 0.161. The summed E-state index contributed by atoms with van der Waals surface area (Å²) in [6, 6.07) is 67.3. The predicted octanol–water partition coefficient (Wildman–Crippen LogP) is 14.2. The van der Waals surface area contributed by atoms with Crippen molar-refractivity contribution in [1.82, 2.24) is 9.97 Å². The Kier molecular flexibility index (Phi) is 9.49. The maximum Gasteiger partial charge on any atom is 0.160 e. The molecule has 0 bridgehead atoms. The van der Waals surface area contributed by atoms with Crippen molar-refractivity contribution in [3.63, 3.8) is 0 Å². The Morgan fingerprint density at radius 1 is 0.556 bits per heavy atom. The molecule has 1 aliphatic carbocycles. The van der Waals surface area contributed by atoms with Crippen LogP contribution in [0.25, 0.3) is 50.6 Å². The van der Waals surface area contributed by atoms with Crippen LogP contribution in [0.2, 0.25) is 0 Å². The number of hydrogen-bond acceptors (Lipinski definition) is 4. The molecule has 1 aromatic heterocycles. The molecular weight excluding hydrogens is 767 g/mol. The number of anilines is 1. The molecule has 0 saturated heterocycles. The van der Waals surface area contributed by atoms with Gasteiger partial charge >= 0.3 is 0 Å². The van der Waals surface area contributed by atoms with Crippen LogP contribution in [-0.4, -0.2) is 23.1 Å². The summed E-state index contributed by atoms with van der Waals surface area (Å²) in [4.78, 5) is 12.9. The van der Waals surface area contributed by atoms with Crippen LogP contribution in [-0.2, 0) is 10.8 Å². The lowest BCUT2D eigenvalue weighted by molar-refractivity contribution is 0.134. The van der Waals surface area contributed by atoms with E-state index in [4.69, 9.17) is 14.7 Å². The van der Waals surface area contributed by atoms with Gasteiger partial charge in [-0.1, -0.05) is 190 Å². The number of nitrogens with zero attached hydrogens (tertiary/aromatic N) is 3. The van der Waals surface area contributed by atoms with E-state index >= 15 is 0 Å². The molecule has 4 heteroatoms. The van der Waals surface area contributed by atoms with Gasteiger partial charge in [0.25, 0.3) is 0 Å². The second kappa shape index (κ2) is 15.4. The Balaban J connectivity index is 0.995. The fourth-order valence-corrected chi connectivity index (χ4v) is 10.9. The van der Waals surface area contributed by atoms with E-state index in [1.54, 1.807) is 0 Å². The third kappa shape index (κ3) is 6.59. The predicted molar refractivity (Wildman–Crippen MR) is 259 cm³/mol. The molecule has 4 nitrogen and oxygen atoms in total. The molecule has 3 heterocycles. The fourth-order valence-electron chi connectivity index (χ4n) is 10.9. The topological polar surface area (TPSA) is 38.3 Å². The largest absolute Gasteiger partial charge is 0.486 e. The van der Waals surface area contributed by atoms with E-state index in [1.165, 1.54) is 50.2 Å². The zero-order valence-corrected chi connectivity index (χ0v) is 36.4. The molecule has 0 radical (unpaired) electrons. The normalized spacial score (nSPS) is 22.3. The van der Waals surface area contributed by atoms with Crippen molar-refractivity contribution in [1.29, 1.82) is 0 Å². The first-order chi connectivity index (χ1) is 30.8. The molecule has 2 aliphatic heterocycles. The lowest BCUT2D eigenvalue weighted by atomic mass is 9.60. The maximum absolute atomic E-state index is 7.19. The molecule has 5 unspecified atom stereocenters. The van der Waals surface area contributed by atoms with Gasteiger partial charge in [0.05, 0.1) is 22.8 Å². The zero-order valence-electron chi connectivity index (χ0n) is 36.4. The highest BCUT2D eigenvalue weighted by molar-refractivity contribution is 5.77. The van der Waals surface area contributed by atoms with E-state index in [9.17, 15) is 0 Å². The summed E-state index contributed by atoms with van der Waals surface area (Å²) in [6.45, 7) is 7.28. The van der Waals surface area contributed by atoms with E-state index in [-0.39, 0.29) is 17.6 Å². The Hall–Kier alpha value is -7.04. The average Bonchev–Trinajstić information content (AvgIpc) is 3.65. The standard InChI is InChI=1S/C59H51N3O/c1-39-35-36-58(2,38-47(39)42-19-10-6-11-20-42)49-24-16-25-52-54(49)59(3)48-23-14-15-26-53(48)63-56(59)55(62(52)4)45-31-33-46(34-32-45)57-60-50(43-21-12-7-13-22-43)37-51(61-57)44-29-27-41(28-30-44)40-17-8-5-9-18-40/h5-34,37-39,55-56H,35-36H2,1-4H3. The second-order valence-electron chi connectivity index (χ2n) is 18.2. The summed E-state index contributed by atoms with van der Waals surface area (Å²) < 4.78 is 7.19. The number of allylic oxidation sites excluding steroid dienone is 2. The van der Waals surface area contributed by atoms with Crippen LogP contribution in [0.3, 0.4) is 0 Å². The fraction of sp³-hybridized carbons (Fsp3) is 0.186. The van der Waals surface area contributed by atoms with E-state index in [0.29, 0.717) is 11.7 Å². The van der Waals surface area contributed by atoms with Gasteiger partial charge in [0.2, 0.25) is 0 Å². The molecule has 3 aliphatic rings. The molecule has 0 amide bonds. The lowest BCUT2D eigenvalue weighted by Crippen LogP contribution is -2.52. The van der Waals surface area contributed by atoms with Crippen molar-refractivity contribution in [2.45, 2.75) is 56.6 Å². The third-order valence-electron chi connectivity index (χ3n) is 14.3. The van der Waals surface area contributed by atoms with Gasteiger partial charge in [-0.3, -0.25) is 0 Å². The summed E-state index contributed by atoms with van der Waals surface area (Å²) >= 11 is 0. The zero-order chi connectivity index (χ0) is 42.7. The molecule has 0 saturated carbocycles. The Bertz CT molecular complexity index is 2980. The van der Waals surface area contributed by atoms with Crippen molar-refractivity contribution in [2.75, 3.05) is 11.9 Å². The minimum absolute atomic E-state index is 0.0518. The van der Waals surface area contributed by atoms with Crippen molar-refractivity contribution >= 4 is 11.3 Å². The summed E-state index contributed by atoms with van der Waals surface area (Å²) in [5.74, 6) is 2.17. The molecule has 0 spiro atoms. The van der Waals surface area contributed by atoms with E-state index < -0.39 is 5.41 Å². The van der Waals surface area contributed by atoms with Crippen LogP contribution in [0.5, 0.6) is 5.75 Å². The van der Waals surface area contributed by atoms with Crippen LogP contribution in [0.1, 0.15) is 67.5 Å². The molecule has 308 valence electrons. The highest BCUT2D eigenvalue weighted by atomic mass is 16.5. The molecule has 11 rings (SSSR count). The molecule has 0 N–H and O–H groups in total. The summed E-state index contributed by atoms with van der Waals surface area (Å²) in [7, 11) is 2.26. The van der Waals surface area contributed by atoms with Crippen LogP contribution < -0.4 is 9.64 Å². The van der Waals surface area contributed by atoms with Gasteiger partial charge in [0, 0.05) is 40.4 Å². The molecule has 7 aromatic carbocycles. The number of hydrogen-bond donors (Lipinski definition) is 0. The molecule has 63 heavy (non-hydrogen) atoms. The Morgan fingerprint density at radius 3 is 1.78 bits per heavy atom. The van der Waals surface area contributed by atoms with Gasteiger partial charge in [-0.15, -0.1) is 0 Å². The molecule has 5 atom stereocenters. The van der Waals surface area contributed by atoms with Crippen molar-refractivity contribution in [3.05, 3.63) is 222 Å². The van der Waals surface area contributed by atoms with Crippen LogP contribution >= 0.6 is 0 Å². The van der Waals surface area contributed by atoms with Crippen LogP contribution in [0, 0.1) is 5.92 Å². The van der Waals surface area contributed by atoms with Gasteiger partial charge in [0.15, 0.2) is 5.82 Å². The highest BCUT2D eigenvalue weighted by Gasteiger charge is 2.57. The second-order valence-corrected chi connectivity index (χ2v) is 18.2. The van der Waals surface area contributed by atoms with Gasteiger partial charge < -0.3 is 9.64 Å². The van der Waals surface area contributed by atoms with Crippen LogP contribution in [0.15, 0.2) is 194 Å². The van der Waals surface area contributed by atoms with Crippen LogP contribution in [0.4, 0.5) is 5.69 Å². The summed E-state index contributed by atoms with van der Waals surface area (Å²) in [5, 5.41) is 0. The smallest absolute Gasteiger partial charge is 0.160 e. The minimum atomic E-state index is -0.400. The molecule has 0 fully saturated rings. The van der Waals surface area contributed by atoms with Gasteiger partial charge in [0.1, 0.15) is 11.9 Å². The number of rotatable bonds is 7. The number of benzene rings is 7. The highest BCUT2D eigenvalue weighted by Crippen LogP contribution is 2.60. The first kappa shape index (κ1) is 38.9. The lowest BCUT2D eigenvalue weighted by Gasteiger charge is -2.50. The van der Waals surface area contributed by atoms with Gasteiger partial charge in [-0.25, -0.2) is 9.97 Å². The first-order valence-electron chi connectivity index (χ1n) is 22.4. The van der Waals surface area contributed by atoms with Gasteiger partial charge in [-0.05, 0) is 82.8 Å². The Labute approximate surface area is 371 Å². The summed E-state index contributed by atoms with van der Waals surface area (Å²) in [5.41, 5.74) is 15.9. The van der Waals surface area contributed by atoms with E-state index in [1.807, 2.05) is 6.07 Å². The third-order valence-corrected chi connectivity index (χ3v) is 14.3. The van der Waals surface area contributed by atoms with Crippen molar-refractivity contribution in [2.24, 2.45) is 5.92 Å².